The van der Waals surface area contributed by atoms with Crippen LogP contribution in [0.15, 0.2) is 18.6 Å². The maximum absolute atomic E-state index is 4.79. The first kappa shape index (κ1) is 14.1. The molecule has 0 N–H and O–H groups in total. The predicted molar refractivity (Wildman–Crippen MR) is 94.2 cm³/mol. The van der Waals surface area contributed by atoms with Crippen molar-refractivity contribution < 1.29 is 0 Å². The van der Waals surface area contributed by atoms with Gasteiger partial charge in [0.15, 0.2) is 5.65 Å². The van der Waals surface area contributed by atoms with Crippen molar-refractivity contribution in [3.8, 4) is 11.5 Å². The summed E-state index contributed by atoms with van der Waals surface area (Å²) >= 11 is 1.83. The third-order valence-electron chi connectivity index (χ3n) is 5.01. The van der Waals surface area contributed by atoms with E-state index in [1.54, 1.807) is 15.5 Å². The Kier molecular flexibility index (Phi) is 3.00. The van der Waals surface area contributed by atoms with Gasteiger partial charge in [0.25, 0.3) is 0 Å². The van der Waals surface area contributed by atoms with Gasteiger partial charge in [0.2, 0.25) is 5.82 Å². The van der Waals surface area contributed by atoms with Crippen molar-refractivity contribution in [3.63, 3.8) is 0 Å². The van der Waals surface area contributed by atoms with Crippen LogP contribution < -0.4 is 0 Å². The summed E-state index contributed by atoms with van der Waals surface area (Å²) in [5.74, 6) is 1.47. The zero-order chi connectivity index (χ0) is 16.3. The van der Waals surface area contributed by atoms with E-state index in [0.717, 1.165) is 28.5 Å². The van der Waals surface area contributed by atoms with Crippen LogP contribution in [-0.4, -0.2) is 29.4 Å². The third kappa shape index (κ3) is 2.00. The molecule has 1 atom stereocenters. The molecule has 1 aliphatic rings. The van der Waals surface area contributed by atoms with E-state index in [4.69, 9.17) is 4.98 Å². The second-order valence-corrected chi connectivity index (χ2v) is 7.61. The third-order valence-corrected chi connectivity index (χ3v) is 6.17. The molecule has 7 heteroatoms. The van der Waals surface area contributed by atoms with Crippen LogP contribution in [0.4, 0.5) is 0 Å². The zero-order valence-corrected chi connectivity index (χ0v) is 14.5. The molecule has 4 aromatic heterocycles. The minimum absolute atomic E-state index is 0.659. The van der Waals surface area contributed by atoms with Crippen LogP contribution in [0.1, 0.15) is 30.2 Å². The van der Waals surface area contributed by atoms with E-state index in [2.05, 4.69) is 22.1 Å². The van der Waals surface area contributed by atoms with Crippen molar-refractivity contribution in [1.82, 2.24) is 29.4 Å². The molecule has 0 fully saturated rings. The van der Waals surface area contributed by atoms with E-state index in [1.165, 1.54) is 35.1 Å². The lowest BCUT2D eigenvalue weighted by molar-refractivity contribution is 0.451. The number of aromatic nitrogens is 6. The summed E-state index contributed by atoms with van der Waals surface area (Å²) in [4.78, 5) is 12.0. The summed E-state index contributed by atoms with van der Waals surface area (Å²) in [6.07, 6.45) is 8.51. The molecule has 0 aromatic carbocycles. The molecule has 5 rings (SSSR count). The minimum atomic E-state index is 0.659. The number of thiophene rings is 1. The molecule has 1 aliphatic carbocycles. The van der Waals surface area contributed by atoms with Gasteiger partial charge >= 0.3 is 0 Å². The number of rotatable bonds is 2. The molecule has 0 bridgehead atoms. The molecular weight excluding hydrogens is 320 g/mol. The SMILES string of the molecule is CC[C@H]1CCc2c(sc3ncn4nc(-c5ccn(C)n5)nc4c23)C1. The first-order chi connectivity index (χ1) is 11.7. The highest BCUT2D eigenvalue weighted by atomic mass is 32.1. The minimum Gasteiger partial charge on any atom is -0.275 e. The fraction of sp³-hybridized carbons (Fsp3) is 0.412. The van der Waals surface area contributed by atoms with Crippen molar-refractivity contribution in [2.24, 2.45) is 13.0 Å². The number of nitrogens with zero attached hydrogens (tertiary/aromatic N) is 6. The number of fused-ring (bicyclic) bond motifs is 5. The van der Waals surface area contributed by atoms with Gasteiger partial charge in [0.1, 0.15) is 16.9 Å². The van der Waals surface area contributed by atoms with E-state index in [-0.39, 0.29) is 0 Å². The Bertz CT molecular complexity index is 1060. The second-order valence-electron chi connectivity index (χ2n) is 6.52. The van der Waals surface area contributed by atoms with Crippen molar-refractivity contribution in [3.05, 3.63) is 29.0 Å². The van der Waals surface area contributed by atoms with E-state index < -0.39 is 0 Å². The Balaban J connectivity index is 1.72. The standard InChI is InChI=1S/C17H18N6S/c1-3-10-4-5-11-13(8-10)24-17-14(11)16-19-15(21-23(16)9-18-17)12-6-7-22(2)20-12/h6-7,9-10H,3-5,8H2,1-2H3/t10-/m0/s1. The van der Waals surface area contributed by atoms with Gasteiger partial charge in [-0.1, -0.05) is 13.3 Å². The average molecular weight is 338 g/mol. The first-order valence-corrected chi connectivity index (χ1v) is 9.20. The number of aryl methyl sites for hydroxylation is 2. The molecule has 0 amide bonds. The second kappa shape index (κ2) is 5.11. The molecule has 4 heterocycles. The van der Waals surface area contributed by atoms with Crippen LogP contribution in [0.3, 0.4) is 0 Å². The molecule has 6 nitrogen and oxygen atoms in total. The quantitative estimate of drug-likeness (QED) is 0.563. The van der Waals surface area contributed by atoms with Gasteiger partial charge in [-0.15, -0.1) is 16.4 Å². The molecule has 0 radical (unpaired) electrons. The number of hydrogen-bond acceptors (Lipinski definition) is 5. The van der Waals surface area contributed by atoms with Crippen LogP contribution in [0.2, 0.25) is 0 Å². The lowest BCUT2D eigenvalue weighted by atomic mass is 9.86. The van der Waals surface area contributed by atoms with Gasteiger partial charge in [0.05, 0.1) is 5.39 Å². The molecule has 0 spiro atoms. The van der Waals surface area contributed by atoms with Crippen LogP contribution in [0, 0.1) is 5.92 Å². The van der Waals surface area contributed by atoms with Crippen molar-refractivity contribution in [1.29, 1.82) is 0 Å². The molecule has 0 unspecified atom stereocenters. The highest BCUT2D eigenvalue weighted by Crippen LogP contribution is 2.39. The van der Waals surface area contributed by atoms with Gasteiger partial charge in [0, 0.05) is 18.1 Å². The predicted octanol–water partition coefficient (Wildman–Crippen LogP) is 3.25. The first-order valence-electron chi connectivity index (χ1n) is 8.38. The Morgan fingerprint density at radius 2 is 2.25 bits per heavy atom. The van der Waals surface area contributed by atoms with Crippen molar-refractivity contribution in [2.75, 3.05) is 0 Å². The Hall–Kier alpha value is -2.28. The summed E-state index contributed by atoms with van der Waals surface area (Å²) in [6.45, 7) is 2.29. The topological polar surface area (TPSA) is 60.9 Å². The van der Waals surface area contributed by atoms with Gasteiger partial charge in [-0.05, 0) is 36.8 Å². The molecule has 4 aromatic rings. The van der Waals surface area contributed by atoms with Crippen LogP contribution in [0.5, 0.6) is 0 Å². The largest absolute Gasteiger partial charge is 0.275 e. The highest BCUT2D eigenvalue weighted by molar-refractivity contribution is 7.19. The smallest absolute Gasteiger partial charge is 0.202 e. The molecule has 122 valence electrons. The maximum atomic E-state index is 4.79. The lowest BCUT2D eigenvalue weighted by Gasteiger charge is -2.20. The van der Waals surface area contributed by atoms with Gasteiger partial charge < -0.3 is 0 Å². The summed E-state index contributed by atoms with van der Waals surface area (Å²) in [5.41, 5.74) is 3.15. The molecule has 24 heavy (non-hydrogen) atoms. The fourth-order valence-electron chi connectivity index (χ4n) is 3.63. The van der Waals surface area contributed by atoms with E-state index in [0.29, 0.717) is 5.82 Å². The fourth-order valence-corrected chi connectivity index (χ4v) is 4.93. The van der Waals surface area contributed by atoms with Crippen LogP contribution in [-0.2, 0) is 19.9 Å². The van der Waals surface area contributed by atoms with E-state index >= 15 is 0 Å². The Morgan fingerprint density at radius 3 is 3.04 bits per heavy atom. The average Bonchev–Trinajstić information content (AvgIpc) is 3.28. The lowest BCUT2D eigenvalue weighted by Crippen LogP contribution is -2.11. The van der Waals surface area contributed by atoms with Gasteiger partial charge in [-0.3, -0.25) is 4.68 Å². The normalized spacial score (nSPS) is 17.7. The highest BCUT2D eigenvalue weighted by Gasteiger charge is 2.25. The van der Waals surface area contributed by atoms with Gasteiger partial charge in [-0.25, -0.2) is 14.5 Å². The zero-order valence-electron chi connectivity index (χ0n) is 13.7. The van der Waals surface area contributed by atoms with Crippen molar-refractivity contribution in [2.45, 2.75) is 32.6 Å². The van der Waals surface area contributed by atoms with Crippen molar-refractivity contribution >= 4 is 27.2 Å². The summed E-state index contributed by atoms with van der Waals surface area (Å²) in [6, 6.07) is 1.94. The summed E-state index contributed by atoms with van der Waals surface area (Å²) in [7, 11) is 1.90. The number of hydrogen-bond donors (Lipinski definition) is 0. The molecule has 0 saturated carbocycles. The van der Waals surface area contributed by atoms with E-state index in [1.807, 2.05) is 30.6 Å². The van der Waals surface area contributed by atoms with E-state index in [9.17, 15) is 0 Å². The van der Waals surface area contributed by atoms with Crippen LogP contribution >= 0.6 is 11.3 Å². The monoisotopic (exact) mass is 338 g/mol. The molecule has 0 saturated heterocycles. The Labute approximate surface area is 143 Å². The maximum Gasteiger partial charge on any atom is 0.202 e. The summed E-state index contributed by atoms with van der Waals surface area (Å²) in [5, 5.41) is 10.2. The summed E-state index contributed by atoms with van der Waals surface area (Å²) < 4.78 is 3.57. The van der Waals surface area contributed by atoms with Crippen LogP contribution in [0.25, 0.3) is 27.4 Å². The molecule has 0 aliphatic heterocycles. The Morgan fingerprint density at radius 1 is 1.33 bits per heavy atom. The van der Waals surface area contributed by atoms with Gasteiger partial charge in [-0.2, -0.15) is 5.10 Å². The molecular formula is C17H18N6S.